The van der Waals surface area contributed by atoms with Crippen LogP contribution in [0.3, 0.4) is 0 Å². The minimum Gasteiger partial charge on any atom is -0.481 e. The zero-order valence-corrected chi connectivity index (χ0v) is 20.3. The van der Waals surface area contributed by atoms with Crippen LogP contribution in [0, 0.1) is 5.92 Å². The first kappa shape index (κ1) is 28.9. The molecule has 0 aromatic heterocycles. The highest BCUT2D eigenvalue weighted by molar-refractivity contribution is 7.99. The normalized spacial score (nSPS) is 13.9. The molecular formula is C23H39N3O4S. The number of hydrazine groups is 1. The second-order valence-corrected chi connectivity index (χ2v) is 9.14. The molecule has 7 nitrogen and oxygen atoms in total. The topological polar surface area (TPSA) is 122 Å². The maximum absolute atomic E-state index is 12.1. The maximum atomic E-state index is 12.1. The van der Waals surface area contributed by atoms with Gasteiger partial charge in [0.2, 0.25) is 5.91 Å². The minimum absolute atomic E-state index is 0.291. The van der Waals surface area contributed by atoms with E-state index in [1.165, 1.54) is 35.4 Å². The zero-order chi connectivity index (χ0) is 23.8. The molecule has 0 spiro atoms. The molecule has 0 heterocycles. The third kappa shape index (κ3) is 15.4. The second-order valence-electron chi connectivity index (χ2n) is 8.07. The summed E-state index contributed by atoms with van der Waals surface area (Å²) in [5, 5.41) is 11.4. The van der Waals surface area contributed by atoms with Gasteiger partial charge >= 0.3 is 5.97 Å². The van der Waals surface area contributed by atoms with Gasteiger partial charge in [-0.25, -0.2) is 5.84 Å². The summed E-state index contributed by atoms with van der Waals surface area (Å²) in [6, 6.07) is -0.807. The van der Waals surface area contributed by atoms with E-state index in [1.54, 1.807) is 0 Å². The molecule has 2 unspecified atom stereocenters. The van der Waals surface area contributed by atoms with Gasteiger partial charge in [0.1, 0.15) is 6.04 Å². The second kappa shape index (κ2) is 16.6. The molecule has 0 rings (SSSR count). The van der Waals surface area contributed by atoms with Gasteiger partial charge < -0.3 is 10.4 Å². The third-order valence-corrected chi connectivity index (χ3v) is 5.63. The number of carboxylic acids is 1. The maximum Gasteiger partial charge on any atom is 0.304 e. The van der Waals surface area contributed by atoms with Crippen molar-refractivity contribution < 1.29 is 19.5 Å². The van der Waals surface area contributed by atoms with Gasteiger partial charge in [0, 0.05) is 17.4 Å². The molecule has 5 N–H and O–H groups in total. The fourth-order valence-electron chi connectivity index (χ4n) is 2.68. The van der Waals surface area contributed by atoms with Crippen LogP contribution in [-0.2, 0) is 14.4 Å². The number of nitrogens with two attached hydrogens (primary N) is 1. The van der Waals surface area contributed by atoms with Crippen LogP contribution in [0.1, 0.15) is 66.7 Å². The van der Waals surface area contributed by atoms with Crippen molar-refractivity contribution in [1.82, 2.24) is 10.7 Å². The van der Waals surface area contributed by atoms with E-state index >= 15 is 0 Å². The van der Waals surface area contributed by atoms with Crippen LogP contribution in [0.15, 0.2) is 34.9 Å². The Morgan fingerprint density at radius 2 is 1.55 bits per heavy atom. The van der Waals surface area contributed by atoms with Gasteiger partial charge in [0.15, 0.2) is 0 Å². The standard InChI is InChI=1S/C23H39N3O4S/c1-16(2)8-6-9-17(3)10-7-11-18(4)12-13-31-15-20(23(30)26-24)25-22(29)19(5)14-21(27)28/h8,10,12,19-20H,6-7,9,11,13-15,24H2,1-5H3,(H,25,29)(H,26,30)(H,27,28). The SMILES string of the molecule is CC(C)=CCCC(C)=CCCC(C)=CCSCC(NC(=O)C(C)CC(=O)O)C(=O)NN. The lowest BCUT2D eigenvalue weighted by molar-refractivity contribution is -0.141. The Morgan fingerprint density at radius 3 is 2.10 bits per heavy atom. The molecule has 0 aromatic carbocycles. The summed E-state index contributed by atoms with van der Waals surface area (Å²) >= 11 is 1.51. The molecule has 0 saturated heterocycles. The summed E-state index contributed by atoms with van der Waals surface area (Å²) in [4.78, 5) is 34.8. The van der Waals surface area contributed by atoms with Crippen LogP contribution >= 0.6 is 11.8 Å². The minimum atomic E-state index is -1.06. The number of thioether (sulfide) groups is 1. The molecule has 0 aliphatic carbocycles. The fraction of sp³-hybridized carbons (Fsp3) is 0.609. The van der Waals surface area contributed by atoms with Crippen molar-refractivity contribution in [2.75, 3.05) is 11.5 Å². The number of carboxylic acid groups (broad SMARTS) is 1. The number of rotatable bonds is 15. The van der Waals surface area contributed by atoms with Gasteiger partial charge in [-0.15, -0.1) is 0 Å². The Labute approximate surface area is 191 Å². The largest absolute Gasteiger partial charge is 0.481 e. The number of hydrogen-bond acceptors (Lipinski definition) is 5. The lowest BCUT2D eigenvalue weighted by Gasteiger charge is -2.18. The smallest absolute Gasteiger partial charge is 0.304 e. The predicted molar refractivity (Wildman–Crippen MR) is 128 cm³/mol. The highest BCUT2D eigenvalue weighted by Gasteiger charge is 2.24. The average molecular weight is 454 g/mol. The molecule has 0 saturated carbocycles. The van der Waals surface area contributed by atoms with Crippen LogP contribution in [0.4, 0.5) is 0 Å². The number of carbonyl (C=O) groups is 3. The van der Waals surface area contributed by atoms with Crippen molar-refractivity contribution in [3.63, 3.8) is 0 Å². The Kier molecular flexibility index (Phi) is 15.5. The molecule has 31 heavy (non-hydrogen) atoms. The highest BCUT2D eigenvalue weighted by atomic mass is 32.2. The first-order valence-corrected chi connectivity index (χ1v) is 11.8. The molecule has 8 heteroatoms. The monoisotopic (exact) mass is 453 g/mol. The molecule has 0 aliphatic rings. The summed E-state index contributed by atoms with van der Waals surface area (Å²) in [5.74, 6) is 3.50. The van der Waals surface area contributed by atoms with E-state index in [0.717, 1.165) is 25.7 Å². The van der Waals surface area contributed by atoms with E-state index in [0.29, 0.717) is 11.5 Å². The fourth-order valence-corrected chi connectivity index (χ4v) is 3.69. The quantitative estimate of drug-likeness (QED) is 0.0985. The highest BCUT2D eigenvalue weighted by Crippen LogP contribution is 2.13. The van der Waals surface area contributed by atoms with Crippen molar-refractivity contribution in [1.29, 1.82) is 0 Å². The third-order valence-electron chi connectivity index (χ3n) is 4.66. The van der Waals surface area contributed by atoms with E-state index in [1.807, 2.05) is 0 Å². The summed E-state index contributed by atoms with van der Waals surface area (Å²) in [6.07, 6.45) is 10.5. The Balaban J connectivity index is 4.43. The van der Waals surface area contributed by atoms with Crippen molar-refractivity contribution >= 4 is 29.5 Å². The van der Waals surface area contributed by atoms with Crippen LogP contribution in [0.5, 0.6) is 0 Å². The summed E-state index contributed by atoms with van der Waals surface area (Å²) < 4.78 is 0. The lowest BCUT2D eigenvalue weighted by Crippen LogP contribution is -2.51. The number of aliphatic carboxylic acids is 1. The molecule has 2 atom stereocenters. The zero-order valence-electron chi connectivity index (χ0n) is 19.5. The van der Waals surface area contributed by atoms with E-state index < -0.39 is 29.7 Å². The van der Waals surface area contributed by atoms with E-state index in [2.05, 4.69) is 56.7 Å². The number of amides is 2. The van der Waals surface area contributed by atoms with Gasteiger partial charge in [-0.2, -0.15) is 11.8 Å². The van der Waals surface area contributed by atoms with Crippen LogP contribution in [0.25, 0.3) is 0 Å². The molecule has 2 amide bonds. The molecular weight excluding hydrogens is 414 g/mol. The Morgan fingerprint density at radius 1 is 0.968 bits per heavy atom. The van der Waals surface area contributed by atoms with Crippen molar-refractivity contribution in [3.8, 4) is 0 Å². The number of hydrogen-bond donors (Lipinski definition) is 4. The van der Waals surface area contributed by atoms with Gasteiger partial charge in [-0.05, 0) is 53.4 Å². The first-order valence-electron chi connectivity index (χ1n) is 10.6. The lowest BCUT2D eigenvalue weighted by atomic mass is 10.1. The number of nitrogens with one attached hydrogen (secondary N) is 2. The molecule has 0 bridgehead atoms. The molecule has 0 aliphatic heterocycles. The first-order chi connectivity index (χ1) is 14.6. The summed E-state index contributed by atoms with van der Waals surface area (Å²) in [5.41, 5.74) is 6.08. The summed E-state index contributed by atoms with van der Waals surface area (Å²) in [6.45, 7) is 10.00. The van der Waals surface area contributed by atoms with Crippen LogP contribution < -0.4 is 16.6 Å². The molecule has 0 fully saturated rings. The summed E-state index contributed by atoms with van der Waals surface area (Å²) in [7, 11) is 0. The molecule has 0 radical (unpaired) electrons. The van der Waals surface area contributed by atoms with Gasteiger partial charge in [-0.3, -0.25) is 19.8 Å². The Bertz CT molecular complexity index is 682. The van der Waals surface area contributed by atoms with Gasteiger partial charge in [0.05, 0.1) is 6.42 Å². The van der Waals surface area contributed by atoms with E-state index in [-0.39, 0.29) is 6.42 Å². The van der Waals surface area contributed by atoms with Gasteiger partial charge in [-0.1, -0.05) is 41.9 Å². The van der Waals surface area contributed by atoms with Crippen LogP contribution in [-0.4, -0.2) is 40.4 Å². The number of allylic oxidation sites excluding steroid dienone is 5. The Hall–Kier alpha value is -2.06. The van der Waals surface area contributed by atoms with Crippen molar-refractivity contribution in [2.45, 2.75) is 72.8 Å². The predicted octanol–water partition coefficient (Wildman–Crippen LogP) is 3.72. The number of carbonyl (C=O) groups excluding carboxylic acids is 2. The van der Waals surface area contributed by atoms with Crippen molar-refractivity contribution in [2.24, 2.45) is 11.8 Å². The van der Waals surface area contributed by atoms with Gasteiger partial charge in [0.25, 0.3) is 5.91 Å². The van der Waals surface area contributed by atoms with Crippen molar-refractivity contribution in [3.05, 3.63) is 34.9 Å². The molecule has 0 aromatic rings. The molecule has 176 valence electrons. The van der Waals surface area contributed by atoms with E-state index in [9.17, 15) is 14.4 Å². The van der Waals surface area contributed by atoms with Crippen LogP contribution in [0.2, 0.25) is 0 Å². The average Bonchev–Trinajstić information content (AvgIpc) is 2.68. The van der Waals surface area contributed by atoms with E-state index in [4.69, 9.17) is 10.9 Å².